The molecule has 0 amide bonds. The fourth-order valence-corrected chi connectivity index (χ4v) is 2.63. The molecule has 0 spiro atoms. The molecule has 2 heterocycles. The van der Waals surface area contributed by atoms with Crippen LogP contribution >= 0.6 is 0 Å². The van der Waals surface area contributed by atoms with Crippen LogP contribution in [0.5, 0.6) is 0 Å². The number of benzene rings is 2. The lowest BCUT2D eigenvalue weighted by Gasteiger charge is -2.00. The predicted octanol–water partition coefficient (Wildman–Crippen LogP) is 4.02. The number of hydrogen-bond donors (Lipinski definition) is 2. The maximum absolute atomic E-state index is 9.56. The van der Waals surface area contributed by atoms with E-state index in [2.05, 4.69) is 26.2 Å². The van der Waals surface area contributed by atoms with Gasteiger partial charge in [-0.25, -0.2) is 4.98 Å². The molecule has 0 aliphatic carbocycles. The van der Waals surface area contributed by atoms with Crippen LogP contribution in [0.4, 0.5) is 0 Å². The molecular weight excluding hydrogens is 298 g/mol. The lowest BCUT2D eigenvalue weighted by molar-refractivity contribution is 1.10. The average molecular weight is 311 g/mol. The summed E-state index contributed by atoms with van der Waals surface area (Å²) in [7, 11) is 0. The van der Waals surface area contributed by atoms with E-state index in [0.29, 0.717) is 11.4 Å². The highest BCUT2D eigenvalue weighted by atomic mass is 15.1. The smallest absolute Gasteiger partial charge is 0.149 e. The number of hydrogen-bond acceptors (Lipinski definition) is 3. The van der Waals surface area contributed by atoms with Gasteiger partial charge in [0.15, 0.2) is 0 Å². The van der Waals surface area contributed by atoms with Crippen LogP contribution in [-0.2, 0) is 0 Å². The van der Waals surface area contributed by atoms with Gasteiger partial charge in [0, 0.05) is 11.1 Å². The zero-order valence-electron chi connectivity index (χ0n) is 12.7. The molecule has 0 bridgehead atoms. The zero-order chi connectivity index (χ0) is 16.4. The third kappa shape index (κ3) is 2.46. The summed E-state index contributed by atoms with van der Waals surface area (Å²) in [6.45, 7) is 0. The quantitative estimate of drug-likeness (QED) is 0.561. The van der Waals surface area contributed by atoms with E-state index in [0.717, 1.165) is 27.9 Å². The molecular formula is C19H13N5. The molecule has 24 heavy (non-hydrogen) atoms. The van der Waals surface area contributed by atoms with Crippen molar-refractivity contribution in [3.8, 4) is 17.3 Å². The summed E-state index contributed by atoms with van der Waals surface area (Å²) in [6, 6.07) is 19.8. The van der Waals surface area contributed by atoms with Crippen LogP contribution in [-0.4, -0.2) is 20.2 Å². The highest BCUT2D eigenvalue weighted by Gasteiger charge is 2.11. The van der Waals surface area contributed by atoms with E-state index >= 15 is 0 Å². The molecule has 114 valence electrons. The number of nitrogens with zero attached hydrogens (tertiary/aromatic N) is 3. The van der Waals surface area contributed by atoms with Crippen LogP contribution in [0.2, 0.25) is 0 Å². The number of nitriles is 1. The summed E-state index contributed by atoms with van der Waals surface area (Å²) in [5, 5.41) is 16.7. The van der Waals surface area contributed by atoms with Crippen molar-refractivity contribution in [2.45, 2.75) is 0 Å². The second-order valence-electron chi connectivity index (χ2n) is 5.34. The Morgan fingerprint density at radius 3 is 2.62 bits per heavy atom. The number of nitrogens with one attached hydrogen (secondary N) is 2. The molecule has 0 saturated heterocycles. The number of aromatic amines is 2. The number of fused-ring (bicyclic) bond motifs is 1. The van der Waals surface area contributed by atoms with Crippen molar-refractivity contribution in [1.82, 2.24) is 20.2 Å². The minimum absolute atomic E-state index is 0.463. The molecule has 0 saturated carbocycles. The monoisotopic (exact) mass is 311 g/mol. The molecule has 0 aliphatic rings. The fourth-order valence-electron chi connectivity index (χ4n) is 2.63. The van der Waals surface area contributed by atoms with Gasteiger partial charge in [-0.3, -0.25) is 5.10 Å². The standard InChI is InChI=1S/C19H13N5/c20-11-14(19-22-16-8-4-5-9-17(16)23-19)10-15-12-21-24-18(15)13-6-2-1-3-7-13/h1-10,12H,(H,21,24)(H,22,23). The van der Waals surface area contributed by atoms with Gasteiger partial charge in [-0.05, 0) is 18.2 Å². The molecule has 2 N–H and O–H groups in total. The van der Waals surface area contributed by atoms with Gasteiger partial charge in [0.2, 0.25) is 0 Å². The SMILES string of the molecule is N#CC(=Cc1cn[nH]c1-c1ccccc1)c1nc2ccccc2[nH]1. The third-order valence-electron chi connectivity index (χ3n) is 3.80. The van der Waals surface area contributed by atoms with Crippen molar-refractivity contribution in [2.75, 3.05) is 0 Å². The second kappa shape index (κ2) is 5.86. The van der Waals surface area contributed by atoms with Crippen molar-refractivity contribution < 1.29 is 0 Å². The number of allylic oxidation sites excluding steroid dienone is 1. The Hall–Kier alpha value is -3.65. The van der Waals surface area contributed by atoms with Gasteiger partial charge in [0.1, 0.15) is 11.9 Å². The Labute approximate surface area is 138 Å². The molecule has 2 aromatic carbocycles. The predicted molar refractivity (Wildman–Crippen MR) is 93.6 cm³/mol. The summed E-state index contributed by atoms with van der Waals surface area (Å²) < 4.78 is 0. The van der Waals surface area contributed by atoms with E-state index in [1.807, 2.05) is 54.6 Å². The van der Waals surface area contributed by atoms with Gasteiger partial charge < -0.3 is 4.98 Å². The number of para-hydroxylation sites is 2. The molecule has 0 radical (unpaired) electrons. The van der Waals surface area contributed by atoms with Crippen molar-refractivity contribution in [2.24, 2.45) is 0 Å². The molecule has 5 heteroatoms. The minimum Gasteiger partial charge on any atom is -0.337 e. The molecule has 4 rings (SSSR count). The van der Waals surface area contributed by atoms with E-state index in [4.69, 9.17) is 0 Å². The Morgan fingerprint density at radius 1 is 1.04 bits per heavy atom. The van der Waals surface area contributed by atoms with Gasteiger partial charge in [-0.2, -0.15) is 10.4 Å². The molecule has 0 atom stereocenters. The van der Waals surface area contributed by atoms with E-state index < -0.39 is 0 Å². The summed E-state index contributed by atoms with van der Waals surface area (Å²) in [5.41, 5.74) is 4.94. The Morgan fingerprint density at radius 2 is 1.83 bits per heavy atom. The maximum Gasteiger partial charge on any atom is 0.149 e. The van der Waals surface area contributed by atoms with E-state index in [-0.39, 0.29) is 0 Å². The molecule has 0 fully saturated rings. The first-order valence-corrected chi connectivity index (χ1v) is 7.51. The second-order valence-corrected chi connectivity index (χ2v) is 5.34. The summed E-state index contributed by atoms with van der Waals surface area (Å²) in [5.74, 6) is 0.555. The lowest BCUT2D eigenvalue weighted by atomic mass is 10.1. The highest BCUT2D eigenvalue weighted by Crippen LogP contribution is 2.25. The number of rotatable bonds is 3. The van der Waals surface area contributed by atoms with Crippen LogP contribution in [0.15, 0.2) is 60.8 Å². The highest BCUT2D eigenvalue weighted by molar-refractivity contribution is 5.92. The first-order valence-electron chi connectivity index (χ1n) is 7.51. The first-order chi connectivity index (χ1) is 11.8. The van der Waals surface area contributed by atoms with Crippen LogP contribution in [0.25, 0.3) is 33.9 Å². The molecule has 5 nitrogen and oxygen atoms in total. The third-order valence-corrected chi connectivity index (χ3v) is 3.80. The summed E-state index contributed by atoms with van der Waals surface area (Å²) in [4.78, 5) is 7.68. The Balaban J connectivity index is 1.79. The zero-order valence-corrected chi connectivity index (χ0v) is 12.7. The number of aromatic nitrogens is 4. The number of imidazole rings is 1. The maximum atomic E-state index is 9.56. The summed E-state index contributed by atoms with van der Waals surface area (Å²) in [6.07, 6.45) is 3.51. The summed E-state index contributed by atoms with van der Waals surface area (Å²) >= 11 is 0. The van der Waals surface area contributed by atoms with Gasteiger partial charge in [0.25, 0.3) is 0 Å². The average Bonchev–Trinajstić information content (AvgIpc) is 3.26. The van der Waals surface area contributed by atoms with Crippen LogP contribution in [0.1, 0.15) is 11.4 Å². The van der Waals surface area contributed by atoms with E-state index in [9.17, 15) is 5.26 Å². The normalized spacial score (nSPS) is 11.5. The van der Waals surface area contributed by atoms with E-state index in [1.54, 1.807) is 12.3 Å². The van der Waals surface area contributed by atoms with Gasteiger partial charge >= 0.3 is 0 Å². The van der Waals surface area contributed by atoms with Crippen LogP contribution < -0.4 is 0 Å². The molecule has 0 unspecified atom stereocenters. The molecule has 4 aromatic rings. The van der Waals surface area contributed by atoms with Crippen molar-refractivity contribution >= 4 is 22.7 Å². The van der Waals surface area contributed by atoms with Crippen molar-refractivity contribution in [3.63, 3.8) is 0 Å². The number of H-pyrrole nitrogens is 2. The van der Waals surface area contributed by atoms with Crippen LogP contribution in [0, 0.1) is 11.3 Å². The van der Waals surface area contributed by atoms with Crippen LogP contribution in [0.3, 0.4) is 0 Å². The Bertz CT molecular complexity index is 1030. The first kappa shape index (κ1) is 14.0. The van der Waals surface area contributed by atoms with Gasteiger partial charge in [0.05, 0.1) is 28.5 Å². The van der Waals surface area contributed by atoms with Crippen molar-refractivity contribution in [1.29, 1.82) is 5.26 Å². The van der Waals surface area contributed by atoms with Crippen molar-refractivity contribution in [3.05, 3.63) is 72.2 Å². The lowest BCUT2D eigenvalue weighted by Crippen LogP contribution is -1.86. The van der Waals surface area contributed by atoms with E-state index in [1.165, 1.54) is 0 Å². The molecule has 0 aliphatic heterocycles. The largest absolute Gasteiger partial charge is 0.337 e. The topological polar surface area (TPSA) is 81.2 Å². The van der Waals surface area contributed by atoms with Gasteiger partial charge in [-0.1, -0.05) is 42.5 Å². The Kier molecular flexibility index (Phi) is 3.41. The minimum atomic E-state index is 0.463. The fraction of sp³-hybridized carbons (Fsp3) is 0. The van der Waals surface area contributed by atoms with Gasteiger partial charge in [-0.15, -0.1) is 0 Å². The molecule has 2 aromatic heterocycles.